The zero-order chi connectivity index (χ0) is 9.10. The molecule has 0 aliphatic carbocycles. The van der Waals surface area contributed by atoms with Gasteiger partial charge in [0.25, 0.3) is 0 Å². The first-order chi connectivity index (χ1) is 6.40. The number of nitrogens with zero attached hydrogens (tertiary/aromatic N) is 2. The van der Waals surface area contributed by atoms with Gasteiger partial charge in [0.15, 0.2) is 0 Å². The van der Waals surface area contributed by atoms with Crippen LogP contribution >= 0.6 is 0 Å². The Morgan fingerprint density at radius 1 is 1.46 bits per heavy atom. The zero-order valence-corrected chi connectivity index (χ0v) is 7.82. The van der Waals surface area contributed by atoms with Crippen LogP contribution in [0.4, 0.5) is 0 Å². The van der Waals surface area contributed by atoms with Gasteiger partial charge in [0, 0.05) is 13.0 Å². The highest BCUT2D eigenvalue weighted by molar-refractivity contribution is 4.88. The molecule has 1 fully saturated rings. The van der Waals surface area contributed by atoms with Gasteiger partial charge in [-0.2, -0.15) is 0 Å². The van der Waals surface area contributed by atoms with Crippen LogP contribution in [0.1, 0.15) is 44.1 Å². The van der Waals surface area contributed by atoms with E-state index in [0.29, 0.717) is 5.89 Å². The molecule has 0 radical (unpaired) electrons. The van der Waals surface area contributed by atoms with E-state index in [1.807, 2.05) is 0 Å². The van der Waals surface area contributed by atoms with Crippen molar-refractivity contribution >= 4 is 0 Å². The summed E-state index contributed by atoms with van der Waals surface area (Å²) in [5, 5.41) is 7.93. The number of hydrogen-bond acceptors (Lipinski definition) is 4. The topological polar surface area (TPSA) is 48.2 Å². The van der Waals surface area contributed by atoms with E-state index < -0.39 is 0 Å². The average molecular weight is 182 g/mol. The van der Waals surface area contributed by atoms with E-state index >= 15 is 0 Å². The van der Waals surface area contributed by atoms with Gasteiger partial charge in [0.05, 0.1) is 0 Å². The molecule has 1 atom stereocenters. The van der Waals surface area contributed by atoms with E-state index in [0.717, 1.165) is 38.2 Å². The quantitative estimate of drug-likeness (QED) is 0.716. The third-order valence-corrected chi connectivity index (χ3v) is 2.15. The molecule has 4 heteroatoms. The van der Waals surface area contributed by atoms with Crippen molar-refractivity contribution in [3.63, 3.8) is 0 Å². The predicted molar refractivity (Wildman–Crippen MR) is 46.2 cm³/mol. The highest BCUT2D eigenvalue weighted by Crippen LogP contribution is 2.27. The molecule has 0 amide bonds. The SMILES string of the molecule is CCCc1nnc(C2CCCO2)o1. The number of rotatable bonds is 3. The number of ether oxygens (including phenoxy) is 1. The number of aromatic nitrogens is 2. The van der Waals surface area contributed by atoms with Crippen LogP contribution in [-0.2, 0) is 11.2 Å². The van der Waals surface area contributed by atoms with E-state index in [1.165, 1.54) is 0 Å². The normalized spacial score (nSPS) is 22.4. The van der Waals surface area contributed by atoms with E-state index in [-0.39, 0.29) is 6.10 Å². The summed E-state index contributed by atoms with van der Waals surface area (Å²) in [6.07, 6.45) is 4.05. The second-order valence-corrected chi connectivity index (χ2v) is 3.29. The number of aryl methyl sites for hydroxylation is 1. The van der Waals surface area contributed by atoms with Crippen molar-refractivity contribution in [2.24, 2.45) is 0 Å². The van der Waals surface area contributed by atoms with Gasteiger partial charge in [0.1, 0.15) is 6.10 Å². The minimum absolute atomic E-state index is 0.0538. The molecule has 1 aliphatic rings. The van der Waals surface area contributed by atoms with Crippen LogP contribution in [0.2, 0.25) is 0 Å². The van der Waals surface area contributed by atoms with Crippen molar-refractivity contribution in [3.8, 4) is 0 Å². The Morgan fingerprint density at radius 2 is 2.38 bits per heavy atom. The van der Waals surface area contributed by atoms with Gasteiger partial charge < -0.3 is 9.15 Å². The van der Waals surface area contributed by atoms with Gasteiger partial charge in [0.2, 0.25) is 11.8 Å². The minimum atomic E-state index is 0.0538. The lowest BCUT2D eigenvalue weighted by atomic mass is 10.2. The van der Waals surface area contributed by atoms with Crippen LogP contribution in [0.25, 0.3) is 0 Å². The van der Waals surface area contributed by atoms with Gasteiger partial charge in [-0.15, -0.1) is 10.2 Å². The maximum absolute atomic E-state index is 5.46. The van der Waals surface area contributed by atoms with E-state index in [1.54, 1.807) is 0 Å². The van der Waals surface area contributed by atoms with Gasteiger partial charge in [-0.3, -0.25) is 0 Å². The van der Waals surface area contributed by atoms with E-state index in [9.17, 15) is 0 Å². The third kappa shape index (κ3) is 1.88. The molecule has 0 N–H and O–H groups in total. The molecule has 0 bridgehead atoms. The molecule has 0 spiro atoms. The third-order valence-electron chi connectivity index (χ3n) is 2.15. The smallest absolute Gasteiger partial charge is 0.245 e. The molecule has 2 rings (SSSR count). The fourth-order valence-corrected chi connectivity index (χ4v) is 1.48. The molecule has 2 heterocycles. The summed E-state index contributed by atoms with van der Waals surface area (Å²) >= 11 is 0. The predicted octanol–water partition coefficient (Wildman–Crippen LogP) is 1.87. The van der Waals surface area contributed by atoms with Crippen molar-refractivity contribution in [3.05, 3.63) is 11.8 Å². The molecule has 1 aromatic heterocycles. The highest BCUT2D eigenvalue weighted by Gasteiger charge is 2.23. The van der Waals surface area contributed by atoms with Crippen molar-refractivity contribution in [1.29, 1.82) is 0 Å². The van der Waals surface area contributed by atoms with Crippen molar-refractivity contribution < 1.29 is 9.15 Å². The lowest BCUT2D eigenvalue weighted by molar-refractivity contribution is 0.0881. The van der Waals surface area contributed by atoms with Crippen LogP contribution in [0.3, 0.4) is 0 Å². The standard InChI is InChI=1S/C9H14N2O2/c1-2-4-8-10-11-9(13-8)7-5-3-6-12-7/h7H,2-6H2,1H3. The molecule has 4 nitrogen and oxygen atoms in total. The van der Waals surface area contributed by atoms with Gasteiger partial charge in [-0.05, 0) is 19.3 Å². The van der Waals surface area contributed by atoms with Crippen molar-refractivity contribution in [1.82, 2.24) is 10.2 Å². The first kappa shape index (κ1) is 8.69. The Kier molecular flexibility index (Phi) is 2.59. The maximum Gasteiger partial charge on any atom is 0.245 e. The first-order valence-corrected chi connectivity index (χ1v) is 4.84. The molecule has 0 saturated carbocycles. The molecule has 1 saturated heterocycles. The Labute approximate surface area is 77.3 Å². The Bertz CT molecular complexity index is 266. The molecular formula is C9H14N2O2. The lowest BCUT2D eigenvalue weighted by Crippen LogP contribution is -1.95. The van der Waals surface area contributed by atoms with Crippen LogP contribution in [0.5, 0.6) is 0 Å². The zero-order valence-electron chi connectivity index (χ0n) is 7.82. The summed E-state index contributed by atoms with van der Waals surface area (Å²) in [6, 6.07) is 0. The van der Waals surface area contributed by atoms with Crippen LogP contribution < -0.4 is 0 Å². The Hall–Kier alpha value is -0.900. The molecule has 1 aliphatic heterocycles. The largest absolute Gasteiger partial charge is 0.422 e. The summed E-state index contributed by atoms with van der Waals surface area (Å²) in [4.78, 5) is 0. The van der Waals surface area contributed by atoms with Gasteiger partial charge in [-0.1, -0.05) is 6.92 Å². The van der Waals surface area contributed by atoms with Crippen LogP contribution in [0.15, 0.2) is 4.42 Å². The summed E-state index contributed by atoms with van der Waals surface area (Å²) < 4.78 is 10.9. The van der Waals surface area contributed by atoms with Crippen molar-refractivity contribution in [2.75, 3.05) is 6.61 Å². The summed E-state index contributed by atoms with van der Waals surface area (Å²) in [7, 11) is 0. The number of hydrogen-bond donors (Lipinski definition) is 0. The fraction of sp³-hybridized carbons (Fsp3) is 0.778. The molecule has 1 aromatic rings. The summed E-state index contributed by atoms with van der Waals surface area (Å²) in [6.45, 7) is 2.91. The van der Waals surface area contributed by atoms with Gasteiger partial charge in [-0.25, -0.2) is 0 Å². The molecule has 72 valence electrons. The van der Waals surface area contributed by atoms with Crippen molar-refractivity contribution in [2.45, 2.75) is 38.7 Å². The van der Waals surface area contributed by atoms with Crippen LogP contribution in [-0.4, -0.2) is 16.8 Å². The van der Waals surface area contributed by atoms with E-state index in [4.69, 9.17) is 9.15 Å². The fourth-order valence-electron chi connectivity index (χ4n) is 1.48. The van der Waals surface area contributed by atoms with E-state index in [2.05, 4.69) is 17.1 Å². The Balaban J connectivity index is 2.03. The lowest BCUT2D eigenvalue weighted by Gasteiger charge is -2.01. The second kappa shape index (κ2) is 3.87. The monoisotopic (exact) mass is 182 g/mol. The molecule has 13 heavy (non-hydrogen) atoms. The first-order valence-electron chi connectivity index (χ1n) is 4.84. The Morgan fingerprint density at radius 3 is 3.08 bits per heavy atom. The minimum Gasteiger partial charge on any atom is -0.422 e. The molecule has 1 unspecified atom stereocenters. The summed E-state index contributed by atoms with van der Waals surface area (Å²) in [5.41, 5.74) is 0. The highest BCUT2D eigenvalue weighted by atomic mass is 16.5. The summed E-state index contributed by atoms with van der Waals surface area (Å²) in [5.74, 6) is 1.38. The van der Waals surface area contributed by atoms with Gasteiger partial charge >= 0.3 is 0 Å². The molecule has 0 aromatic carbocycles. The second-order valence-electron chi connectivity index (χ2n) is 3.29. The average Bonchev–Trinajstić information content (AvgIpc) is 2.70. The maximum atomic E-state index is 5.46. The molecular weight excluding hydrogens is 168 g/mol. The van der Waals surface area contributed by atoms with Crippen LogP contribution in [0, 0.1) is 0 Å².